The summed E-state index contributed by atoms with van der Waals surface area (Å²) < 4.78 is 5.96. The minimum absolute atomic E-state index is 0.0815. The molecule has 9 heteroatoms. The Balaban J connectivity index is 1.42. The summed E-state index contributed by atoms with van der Waals surface area (Å²) in [4.78, 5) is 52.0. The van der Waals surface area contributed by atoms with Gasteiger partial charge < -0.3 is 4.74 Å². The fourth-order valence-electron chi connectivity index (χ4n) is 4.84. The van der Waals surface area contributed by atoms with Crippen LogP contribution in [-0.4, -0.2) is 50.8 Å². The molecule has 7 atom stereocenters. The largest absolute Gasteiger partial charge is 0.456 e. The Labute approximate surface area is 193 Å². The lowest BCUT2D eigenvalue weighted by atomic mass is 9.81. The summed E-state index contributed by atoms with van der Waals surface area (Å²) in [7, 11) is 0. The molecule has 2 saturated carbocycles. The second-order valence-corrected chi connectivity index (χ2v) is 10.8. The van der Waals surface area contributed by atoms with Gasteiger partial charge in [-0.1, -0.05) is 59.9 Å². The zero-order chi connectivity index (χ0) is 21.0. The summed E-state index contributed by atoms with van der Waals surface area (Å²) in [6, 6.07) is 5.64. The Morgan fingerprint density at radius 2 is 1.59 bits per heavy atom. The van der Waals surface area contributed by atoms with Crippen LogP contribution in [0.3, 0.4) is 0 Å². The lowest BCUT2D eigenvalue weighted by molar-refractivity contribution is -0.157. The number of fused-ring (bicyclic) bond motifs is 5. The molecule has 1 heterocycles. The highest BCUT2D eigenvalue weighted by Gasteiger charge is 2.67. The Morgan fingerprint density at radius 1 is 1.07 bits per heavy atom. The Hall–Kier alpha value is -1.06. The third-order valence-corrected chi connectivity index (χ3v) is 10.00. The molecule has 1 saturated heterocycles. The van der Waals surface area contributed by atoms with Gasteiger partial charge in [0.25, 0.3) is 0 Å². The van der Waals surface area contributed by atoms with Crippen molar-refractivity contribution in [2.45, 2.75) is 29.0 Å². The Bertz CT molecular complexity index is 857. The van der Waals surface area contributed by atoms with E-state index in [-0.39, 0.29) is 50.9 Å². The van der Waals surface area contributed by atoms with Crippen LogP contribution < -0.4 is 0 Å². The van der Waals surface area contributed by atoms with Gasteiger partial charge in [-0.15, -0.1) is 0 Å². The third-order valence-electron chi connectivity index (χ3n) is 6.26. The van der Waals surface area contributed by atoms with Gasteiger partial charge in [-0.25, -0.2) is 4.79 Å². The van der Waals surface area contributed by atoms with Crippen molar-refractivity contribution in [1.82, 2.24) is 4.90 Å². The van der Waals surface area contributed by atoms with Gasteiger partial charge in [0.1, 0.15) is 6.04 Å². The van der Waals surface area contributed by atoms with Gasteiger partial charge in [-0.3, -0.25) is 19.3 Å². The van der Waals surface area contributed by atoms with Crippen LogP contribution in [0.1, 0.15) is 23.7 Å². The van der Waals surface area contributed by atoms with Gasteiger partial charge >= 0.3 is 5.97 Å². The van der Waals surface area contributed by atoms with Crippen LogP contribution in [0.25, 0.3) is 0 Å². The molecule has 0 aromatic heterocycles. The maximum atomic E-state index is 13.0. The van der Waals surface area contributed by atoms with E-state index in [9.17, 15) is 19.2 Å². The number of halogens is 3. The fourth-order valence-corrected chi connectivity index (χ4v) is 6.97. The molecule has 0 radical (unpaired) electrons. The number of ether oxygens (including phenoxy) is 1. The topological polar surface area (TPSA) is 80.8 Å². The van der Waals surface area contributed by atoms with Gasteiger partial charge in [0, 0.05) is 19.7 Å². The van der Waals surface area contributed by atoms with Gasteiger partial charge in [-0.2, -0.15) is 0 Å². The molecule has 2 aliphatic carbocycles. The molecular formula is C20H18Br3NO5. The predicted octanol–water partition coefficient (Wildman–Crippen LogP) is 3.34. The molecule has 0 unspecified atom stereocenters. The number of carbonyl (C=O) groups excluding carboxylic acids is 4. The smallest absolute Gasteiger partial charge is 0.329 e. The number of imide groups is 1. The standard InChI is InChI=1S/C20H18Br3NO5/c1-8(20(28)29-7-13(25)9-2-4-10(21)5-3-9)24-18(26)14-11-6-12(15(14)19(24)27)17(23)16(11)22/h2-5,8,11-12,14-17H,6-7H2,1H3/t8-,11-,12-,14-,15+,16+,17+/m1/s1. The Morgan fingerprint density at radius 3 is 2.10 bits per heavy atom. The summed E-state index contributed by atoms with van der Waals surface area (Å²) in [5.41, 5.74) is 0.416. The highest BCUT2D eigenvalue weighted by atomic mass is 79.9. The average molecular weight is 592 g/mol. The van der Waals surface area contributed by atoms with Crippen molar-refractivity contribution in [3.63, 3.8) is 0 Å². The lowest BCUT2D eigenvalue weighted by Crippen LogP contribution is -2.45. The molecule has 2 bridgehead atoms. The van der Waals surface area contributed by atoms with E-state index in [0.29, 0.717) is 5.56 Å². The zero-order valence-corrected chi connectivity index (χ0v) is 20.1. The van der Waals surface area contributed by atoms with Crippen molar-refractivity contribution in [1.29, 1.82) is 0 Å². The van der Waals surface area contributed by atoms with Crippen LogP contribution in [0.15, 0.2) is 28.7 Å². The molecule has 154 valence electrons. The summed E-state index contributed by atoms with van der Waals surface area (Å²) >= 11 is 10.6. The van der Waals surface area contributed by atoms with E-state index < -0.39 is 18.6 Å². The maximum Gasteiger partial charge on any atom is 0.329 e. The molecule has 1 aliphatic heterocycles. The number of nitrogens with zero attached hydrogens (tertiary/aromatic N) is 1. The van der Waals surface area contributed by atoms with E-state index in [1.807, 2.05) is 0 Å². The first-order valence-electron chi connectivity index (χ1n) is 9.32. The van der Waals surface area contributed by atoms with Crippen molar-refractivity contribution < 1.29 is 23.9 Å². The SMILES string of the molecule is C[C@H](C(=O)OCC(=O)c1ccc(Br)cc1)N1C(=O)[C@@H]2[C@H]3C[C@@H]([C@H](Br)[C@H]3Br)[C@@H]2C1=O. The molecule has 1 aromatic rings. The second-order valence-electron chi connectivity index (χ2n) is 7.76. The first kappa shape index (κ1) is 21.2. The molecule has 6 nitrogen and oxygen atoms in total. The van der Waals surface area contributed by atoms with Crippen molar-refractivity contribution in [2.24, 2.45) is 23.7 Å². The van der Waals surface area contributed by atoms with Crippen LogP contribution in [-0.2, 0) is 19.1 Å². The van der Waals surface area contributed by atoms with E-state index >= 15 is 0 Å². The fraction of sp³-hybridized carbons (Fsp3) is 0.500. The van der Waals surface area contributed by atoms with Gasteiger partial charge in [-0.05, 0) is 37.3 Å². The minimum Gasteiger partial charge on any atom is -0.456 e. The maximum absolute atomic E-state index is 13.0. The van der Waals surface area contributed by atoms with Gasteiger partial charge in [0.05, 0.1) is 11.8 Å². The monoisotopic (exact) mass is 589 g/mol. The van der Waals surface area contributed by atoms with Crippen LogP contribution in [0, 0.1) is 23.7 Å². The number of amides is 2. The number of hydrogen-bond donors (Lipinski definition) is 0. The molecule has 0 spiro atoms. The van der Waals surface area contributed by atoms with Gasteiger partial charge in [0.15, 0.2) is 12.4 Å². The normalized spacial score (nSPS) is 33.7. The van der Waals surface area contributed by atoms with E-state index in [4.69, 9.17) is 4.74 Å². The third kappa shape index (κ3) is 3.43. The first-order valence-corrected chi connectivity index (χ1v) is 11.9. The molecule has 3 aliphatic rings. The van der Waals surface area contributed by atoms with E-state index in [0.717, 1.165) is 15.8 Å². The quantitative estimate of drug-likeness (QED) is 0.227. The van der Waals surface area contributed by atoms with Crippen LogP contribution >= 0.6 is 47.8 Å². The van der Waals surface area contributed by atoms with E-state index in [1.165, 1.54) is 6.92 Å². The van der Waals surface area contributed by atoms with Crippen molar-refractivity contribution in [2.75, 3.05) is 6.61 Å². The molecule has 29 heavy (non-hydrogen) atoms. The molecule has 3 fully saturated rings. The molecule has 1 aromatic carbocycles. The number of likely N-dealkylation sites (tertiary alicyclic amines) is 1. The number of benzene rings is 1. The zero-order valence-electron chi connectivity index (χ0n) is 15.4. The summed E-state index contributed by atoms with van der Waals surface area (Å²) in [6.45, 7) is 1.04. The van der Waals surface area contributed by atoms with Gasteiger partial charge in [0.2, 0.25) is 11.8 Å². The summed E-state index contributed by atoms with van der Waals surface area (Å²) in [6.07, 6.45) is 0.826. The number of hydrogen-bond acceptors (Lipinski definition) is 5. The molecular weight excluding hydrogens is 574 g/mol. The van der Waals surface area contributed by atoms with E-state index in [1.54, 1.807) is 24.3 Å². The number of alkyl halides is 2. The molecule has 0 N–H and O–H groups in total. The summed E-state index contributed by atoms with van der Waals surface area (Å²) in [5, 5.41) is 0. The van der Waals surface area contributed by atoms with Crippen LogP contribution in [0.4, 0.5) is 0 Å². The molecule has 4 rings (SSSR count). The summed E-state index contributed by atoms with van der Waals surface area (Å²) in [5.74, 6) is -2.32. The second kappa shape index (κ2) is 7.89. The highest BCUT2D eigenvalue weighted by molar-refractivity contribution is 9.12. The number of rotatable bonds is 5. The predicted molar refractivity (Wildman–Crippen MR) is 115 cm³/mol. The minimum atomic E-state index is -1.06. The highest BCUT2D eigenvalue weighted by Crippen LogP contribution is 2.60. The first-order chi connectivity index (χ1) is 13.7. The average Bonchev–Trinajstić information content (AvgIpc) is 3.30. The molecule has 2 amide bonds. The van der Waals surface area contributed by atoms with E-state index in [2.05, 4.69) is 47.8 Å². The van der Waals surface area contributed by atoms with Crippen molar-refractivity contribution >= 4 is 71.4 Å². The Kier molecular flexibility index (Phi) is 5.76. The van der Waals surface area contributed by atoms with Crippen LogP contribution in [0.5, 0.6) is 0 Å². The van der Waals surface area contributed by atoms with Crippen molar-refractivity contribution in [3.05, 3.63) is 34.3 Å². The lowest BCUT2D eigenvalue weighted by Gasteiger charge is -2.28. The van der Waals surface area contributed by atoms with Crippen molar-refractivity contribution in [3.8, 4) is 0 Å². The number of carbonyl (C=O) groups is 4. The van der Waals surface area contributed by atoms with Crippen LogP contribution in [0.2, 0.25) is 0 Å². The number of esters is 1. The number of Topliss-reactive ketones (excluding diaryl/α,β-unsaturated/α-hetero) is 1. The number of ketones is 1.